The number of hydrogen-bond donors (Lipinski definition) is 0. The molecule has 0 spiro atoms. The zero-order chi connectivity index (χ0) is 13.2. The van der Waals surface area contributed by atoms with Crippen molar-refractivity contribution in [3.63, 3.8) is 0 Å². The molecule has 0 aliphatic carbocycles. The van der Waals surface area contributed by atoms with Crippen LogP contribution < -0.4 is 4.74 Å². The molecule has 0 saturated heterocycles. The Bertz CT molecular complexity index is 455. The molecule has 17 heavy (non-hydrogen) atoms. The van der Waals surface area contributed by atoms with Crippen LogP contribution in [0.5, 0.6) is 5.75 Å². The lowest BCUT2D eigenvalue weighted by Gasteiger charge is -2.10. The van der Waals surface area contributed by atoms with Crippen molar-refractivity contribution in [2.24, 2.45) is 0 Å². The van der Waals surface area contributed by atoms with Crippen LogP contribution in [0.15, 0.2) is 6.07 Å². The van der Waals surface area contributed by atoms with E-state index in [0.717, 1.165) is 0 Å². The lowest BCUT2D eigenvalue weighted by Crippen LogP contribution is -2.19. The smallest absolute Gasteiger partial charge is 0.395 e. The second kappa shape index (κ2) is 5.33. The molecule has 1 aromatic rings. The maximum absolute atomic E-state index is 12.1. The van der Waals surface area contributed by atoms with Crippen molar-refractivity contribution >= 4 is 44.3 Å². The number of aromatic nitrogens is 1. The van der Waals surface area contributed by atoms with Crippen LogP contribution in [0.25, 0.3) is 0 Å². The van der Waals surface area contributed by atoms with Crippen molar-refractivity contribution in [2.75, 3.05) is 0 Å². The first-order valence-electron chi connectivity index (χ1n) is 3.90. The topological polar surface area (TPSA) is 65.3 Å². The highest BCUT2D eigenvalue weighted by atomic mass is 127. The molecule has 0 saturated carbocycles. The Morgan fingerprint density at radius 2 is 2.18 bits per heavy atom. The molecule has 0 radical (unpaired) electrons. The quantitative estimate of drug-likeness (QED) is 0.321. The minimum Gasteiger partial charge on any atom is -0.395 e. The Morgan fingerprint density at radius 1 is 1.59 bits per heavy atom. The molecule has 1 heterocycles. The number of rotatable bonds is 3. The van der Waals surface area contributed by atoms with Crippen LogP contribution in [0.4, 0.5) is 19.0 Å². The van der Waals surface area contributed by atoms with Crippen molar-refractivity contribution in [1.29, 1.82) is 0 Å². The summed E-state index contributed by atoms with van der Waals surface area (Å²) < 4.78 is 39.8. The van der Waals surface area contributed by atoms with Gasteiger partial charge in [-0.3, -0.25) is 0 Å². The normalized spacial score (nSPS) is 11.4. The molecule has 1 aromatic heterocycles. The van der Waals surface area contributed by atoms with E-state index in [4.69, 9.17) is 0 Å². The van der Waals surface area contributed by atoms with Crippen LogP contribution in [-0.2, 0) is 5.33 Å². The molecule has 10 heteroatoms. The SMILES string of the molecule is O=[N+]([O-])c1nc(CBr)cc(I)c1OC(F)(F)F. The zero-order valence-corrected chi connectivity index (χ0v) is 11.5. The van der Waals surface area contributed by atoms with Gasteiger partial charge in [0.15, 0.2) is 5.69 Å². The highest BCUT2D eigenvalue weighted by Crippen LogP contribution is 2.35. The van der Waals surface area contributed by atoms with Crippen LogP contribution in [0.3, 0.4) is 0 Å². The summed E-state index contributed by atoms with van der Waals surface area (Å²) in [6.07, 6.45) is -5.00. The summed E-state index contributed by atoms with van der Waals surface area (Å²) in [7, 11) is 0. The summed E-state index contributed by atoms with van der Waals surface area (Å²) in [4.78, 5) is 13.0. The van der Waals surface area contributed by atoms with Crippen LogP contribution in [0.2, 0.25) is 0 Å². The monoisotopic (exact) mass is 426 g/mol. The lowest BCUT2D eigenvalue weighted by atomic mass is 10.3. The third kappa shape index (κ3) is 3.94. The maximum Gasteiger partial charge on any atom is 0.573 e. The van der Waals surface area contributed by atoms with E-state index in [0.29, 0.717) is 0 Å². The third-order valence-electron chi connectivity index (χ3n) is 1.49. The molecular weight excluding hydrogens is 424 g/mol. The molecule has 5 nitrogen and oxygen atoms in total. The predicted octanol–water partition coefficient (Wildman–Crippen LogP) is 3.39. The van der Waals surface area contributed by atoms with Gasteiger partial charge < -0.3 is 14.9 Å². The average molecular weight is 427 g/mol. The molecule has 0 amide bonds. The van der Waals surface area contributed by atoms with Gasteiger partial charge in [-0.2, -0.15) is 0 Å². The molecule has 0 fully saturated rings. The zero-order valence-electron chi connectivity index (χ0n) is 7.79. The first kappa shape index (κ1) is 14.4. The van der Waals surface area contributed by atoms with Gasteiger partial charge in [-0.1, -0.05) is 15.9 Å². The number of nitro groups is 1. The van der Waals surface area contributed by atoms with E-state index in [1.165, 1.54) is 28.7 Å². The number of nitrogens with zero attached hydrogens (tertiary/aromatic N) is 2. The lowest BCUT2D eigenvalue weighted by molar-refractivity contribution is -0.393. The van der Waals surface area contributed by atoms with Gasteiger partial charge in [0.1, 0.15) is 0 Å². The molecule has 0 unspecified atom stereocenters. The Morgan fingerprint density at radius 3 is 2.59 bits per heavy atom. The molecule has 0 bridgehead atoms. The van der Waals surface area contributed by atoms with E-state index < -0.39 is 22.9 Å². The molecule has 0 aliphatic rings. The van der Waals surface area contributed by atoms with E-state index in [-0.39, 0.29) is 14.6 Å². The number of ether oxygens (including phenoxy) is 1. The van der Waals surface area contributed by atoms with E-state index in [9.17, 15) is 23.3 Å². The first-order valence-corrected chi connectivity index (χ1v) is 6.10. The standard InChI is InChI=1S/C7H3BrF3IN2O3/c8-2-3-1-4(12)5(17-7(9,10)11)6(13-3)14(15)16/h1H,2H2. The van der Waals surface area contributed by atoms with Crippen molar-refractivity contribution < 1.29 is 22.8 Å². The molecule has 0 aromatic carbocycles. The Labute approximate surface area is 115 Å². The predicted molar refractivity (Wildman–Crippen MR) is 62.9 cm³/mol. The van der Waals surface area contributed by atoms with Gasteiger partial charge in [-0.25, -0.2) is 0 Å². The summed E-state index contributed by atoms with van der Waals surface area (Å²) in [5.74, 6) is -1.85. The fourth-order valence-corrected chi connectivity index (χ4v) is 1.94. The average Bonchev–Trinajstić information content (AvgIpc) is 2.18. The van der Waals surface area contributed by atoms with Crippen LogP contribution >= 0.6 is 38.5 Å². The van der Waals surface area contributed by atoms with Crippen LogP contribution in [0, 0.1) is 13.7 Å². The summed E-state index contributed by atoms with van der Waals surface area (Å²) in [5.41, 5.74) is 0.246. The molecule has 94 valence electrons. The number of alkyl halides is 4. The summed E-state index contributed by atoms with van der Waals surface area (Å²) >= 11 is 4.53. The van der Waals surface area contributed by atoms with Crippen LogP contribution in [0.1, 0.15) is 5.69 Å². The number of pyridine rings is 1. The van der Waals surface area contributed by atoms with E-state index in [1.54, 1.807) is 0 Å². The number of hydrogen-bond acceptors (Lipinski definition) is 4. The van der Waals surface area contributed by atoms with Crippen LogP contribution in [-0.4, -0.2) is 16.3 Å². The van der Waals surface area contributed by atoms with Crippen molar-refractivity contribution in [2.45, 2.75) is 11.7 Å². The van der Waals surface area contributed by atoms with Crippen molar-refractivity contribution in [1.82, 2.24) is 4.98 Å². The minimum atomic E-state index is -5.00. The highest BCUT2D eigenvalue weighted by molar-refractivity contribution is 14.1. The minimum absolute atomic E-state index is 0.0314. The second-order valence-corrected chi connectivity index (χ2v) is 4.41. The Balaban J connectivity index is 3.32. The van der Waals surface area contributed by atoms with Gasteiger partial charge in [-0.15, -0.1) is 13.2 Å². The van der Waals surface area contributed by atoms with E-state index in [1.807, 2.05) is 0 Å². The molecular formula is C7H3BrF3IN2O3. The van der Waals surface area contributed by atoms with Crippen molar-refractivity contribution in [3.8, 4) is 5.75 Å². The van der Waals surface area contributed by atoms with Gasteiger partial charge in [-0.05, 0) is 32.5 Å². The van der Waals surface area contributed by atoms with Gasteiger partial charge in [0.05, 0.1) is 8.90 Å². The highest BCUT2D eigenvalue weighted by Gasteiger charge is 2.36. The van der Waals surface area contributed by atoms with E-state index >= 15 is 0 Å². The molecule has 1 rings (SSSR count). The summed E-state index contributed by atoms with van der Waals surface area (Å²) in [5, 5.41) is 10.8. The van der Waals surface area contributed by atoms with Gasteiger partial charge in [0.2, 0.25) is 5.75 Å². The largest absolute Gasteiger partial charge is 0.573 e. The number of halogens is 5. The van der Waals surface area contributed by atoms with Gasteiger partial charge in [0.25, 0.3) is 0 Å². The fraction of sp³-hybridized carbons (Fsp3) is 0.286. The maximum atomic E-state index is 12.1. The summed E-state index contributed by atoms with van der Waals surface area (Å²) in [6.45, 7) is 0. The second-order valence-electron chi connectivity index (χ2n) is 2.69. The molecule has 0 aliphatic heterocycles. The van der Waals surface area contributed by atoms with Gasteiger partial charge in [0, 0.05) is 6.07 Å². The third-order valence-corrected chi connectivity index (χ3v) is 2.87. The van der Waals surface area contributed by atoms with Crippen molar-refractivity contribution in [3.05, 3.63) is 25.4 Å². The Hall–Kier alpha value is -0.650. The fourth-order valence-electron chi connectivity index (χ4n) is 0.940. The Kier molecular flexibility index (Phi) is 4.52. The van der Waals surface area contributed by atoms with E-state index in [2.05, 4.69) is 25.7 Å². The van der Waals surface area contributed by atoms with Gasteiger partial charge >= 0.3 is 12.2 Å². The first-order chi connectivity index (χ1) is 7.74. The molecule has 0 N–H and O–H groups in total. The summed E-state index contributed by atoms with van der Waals surface area (Å²) in [6, 6.07) is 1.27. The molecule has 0 atom stereocenters.